The summed E-state index contributed by atoms with van der Waals surface area (Å²) in [5.74, 6) is 1.04. The van der Waals surface area contributed by atoms with E-state index >= 15 is 0 Å². The van der Waals surface area contributed by atoms with E-state index < -0.39 is 6.17 Å². The third-order valence-electron chi connectivity index (χ3n) is 6.50. The number of azo groups is 1. The largest absolute Gasteiger partial charge is 0.378 e. The number of aryl methyl sites for hydroxylation is 1. The number of halogens is 2. The number of pyridine rings is 1. The highest BCUT2D eigenvalue weighted by atomic mass is 19.1. The van der Waals surface area contributed by atoms with Gasteiger partial charge in [-0.2, -0.15) is 15.2 Å². The van der Waals surface area contributed by atoms with Crippen LogP contribution in [0.1, 0.15) is 39.3 Å². The molecule has 39 heavy (non-hydrogen) atoms. The van der Waals surface area contributed by atoms with Crippen molar-refractivity contribution in [3.63, 3.8) is 0 Å². The molecule has 2 atom stereocenters. The number of likely N-dealkylation sites (tertiary alicyclic amines) is 1. The molecule has 0 amide bonds. The standard InChI is InChI=1S/C22H28FN9O.C3H7F.C2H6/c1-13-17(29-25-3)4-5-18(26-13)15-6-9-32-20(15)21(24-2)28-22(30-32)27-19-7-8-31(10-16(19)23)14-11-33-12-14;1-2-3-4;1-2/h4-6,9,14,16,19H,7-8,10-12H2,1-3H3,(H2,24,27,28,30);2-3H2,1H3;1-2H3. The van der Waals surface area contributed by atoms with Crippen LogP contribution in [-0.4, -0.2) is 89.8 Å². The van der Waals surface area contributed by atoms with Gasteiger partial charge < -0.3 is 15.4 Å². The highest BCUT2D eigenvalue weighted by Crippen LogP contribution is 2.31. The van der Waals surface area contributed by atoms with Gasteiger partial charge in [0.25, 0.3) is 0 Å². The van der Waals surface area contributed by atoms with Crippen molar-refractivity contribution in [1.82, 2.24) is 24.5 Å². The number of fused-ring (bicyclic) bond motifs is 1. The summed E-state index contributed by atoms with van der Waals surface area (Å²) in [6.45, 7) is 10.2. The van der Waals surface area contributed by atoms with Gasteiger partial charge in [-0.25, -0.2) is 8.91 Å². The van der Waals surface area contributed by atoms with Crippen LogP contribution in [0.2, 0.25) is 0 Å². The lowest BCUT2D eigenvalue weighted by Gasteiger charge is -2.42. The molecule has 3 aromatic rings. The lowest BCUT2D eigenvalue weighted by atomic mass is 10.0. The maximum Gasteiger partial charge on any atom is 0.243 e. The second kappa shape index (κ2) is 14.8. The van der Waals surface area contributed by atoms with Crippen molar-refractivity contribution in [3.8, 4) is 11.3 Å². The summed E-state index contributed by atoms with van der Waals surface area (Å²) in [6, 6.07) is 5.78. The molecule has 2 unspecified atom stereocenters. The minimum atomic E-state index is -0.997. The Balaban J connectivity index is 0.000000644. The second-order valence-electron chi connectivity index (χ2n) is 9.09. The second-order valence-corrected chi connectivity index (χ2v) is 9.09. The van der Waals surface area contributed by atoms with Crippen molar-refractivity contribution in [2.75, 3.05) is 57.7 Å². The Morgan fingerprint density at radius 1 is 1.18 bits per heavy atom. The van der Waals surface area contributed by atoms with E-state index in [1.54, 1.807) is 18.5 Å². The van der Waals surface area contributed by atoms with Crippen LogP contribution in [-0.2, 0) is 4.74 Å². The zero-order valence-corrected chi connectivity index (χ0v) is 23.8. The van der Waals surface area contributed by atoms with E-state index in [0.29, 0.717) is 50.4 Å². The van der Waals surface area contributed by atoms with E-state index in [-0.39, 0.29) is 12.7 Å². The van der Waals surface area contributed by atoms with Gasteiger partial charge in [0, 0.05) is 38.9 Å². The number of hydrogen-bond acceptors (Lipinski definition) is 9. The van der Waals surface area contributed by atoms with Crippen LogP contribution >= 0.6 is 0 Å². The molecule has 0 bridgehead atoms. The molecule has 2 saturated heterocycles. The summed E-state index contributed by atoms with van der Waals surface area (Å²) in [4.78, 5) is 11.5. The van der Waals surface area contributed by atoms with Gasteiger partial charge in [-0.15, -0.1) is 5.10 Å². The van der Waals surface area contributed by atoms with Crippen LogP contribution in [0.25, 0.3) is 16.8 Å². The molecule has 0 saturated carbocycles. The van der Waals surface area contributed by atoms with Crippen molar-refractivity contribution in [2.24, 2.45) is 10.2 Å². The highest BCUT2D eigenvalue weighted by molar-refractivity contribution is 5.87. The van der Waals surface area contributed by atoms with Crippen molar-refractivity contribution in [3.05, 3.63) is 30.1 Å². The zero-order chi connectivity index (χ0) is 28.4. The molecule has 2 aliphatic heterocycles. The predicted molar refractivity (Wildman–Crippen MR) is 152 cm³/mol. The summed E-state index contributed by atoms with van der Waals surface area (Å²) in [7, 11) is 3.44. The number of piperidine rings is 1. The molecule has 2 N–H and O–H groups in total. The Hall–Kier alpha value is -3.25. The van der Waals surface area contributed by atoms with Gasteiger partial charge in [-0.05, 0) is 38.0 Å². The Bertz CT molecular complexity index is 1210. The number of rotatable bonds is 7. The van der Waals surface area contributed by atoms with Crippen LogP contribution in [0.4, 0.5) is 26.2 Å². The number of nitrogens with zero attached hydrogens (tertiary/aromatic N) is 7. The highest BCUT2D eigenvalue weighted by Gasteiger charge is 2.35. The molecule has 10 nitrogen and oxygen atoms in total. The van der Waals surface area contributed by atoms with Crippen LogP contribution < -0.4 is 10.6 Å². The topological polar surface area (TPSA) is 104 Å². The van der Waals surface area contributed by atoms with Crippen LogP contribution in [0, 0.1) is 6.92 Å². The number of nitrogens with one attached hydrogen (secondary N) is 2. The third-order valence-corrected chi connectivity index (χ3v) is 6.50. The van der Waals surface area contributed by atoms with E-state index in [4.69, 9.17) is 4.74 Å². The molecular weight excluding hydrogens is 504 g/mol. The van der Waals surface area contributed by atoms with E-state index in [1.807, 2.05) is 52.2 Å². The van der Waals surface area contributed by atoms with Crippen molar-refractivity contribution in [2.45, 2.75) is 58.8 Å². The molecule has 0 spiro atoms. The summed E-state index contributed by atoms with van der Waals surface area (Å²) in [5.41, 5.74) is 4.02. The molecule has 5 heterocycles. The maximum absolute atomic E-state index is 14.9. The van der Waals surface area contributed by atoms with Gasteiger partial charge in [-0.1, -0.05) is 20.8 Å². The number of ether oxygens (including phenoxy) is 1. The third kappa shape index (κ3) is 7.24. The molecular formula is C27H41F2N9O. The van der Waals surface area contributed by atoms with Gasteiger partial charge in [0.1, 0.15) is 17.4 Å². The SMILES string of the molecule is CC.CCCF.CN=Nc1ccc(-c2ccn3nc(NC4CCN(C5COC5)CC4F)nc(NC)c23)nc1C. The first kappa shape index (κ1) is 30.3. The van der Waals surface area contributed by atoms with E-state index in [2.05, 4.69) is 40.8 Å². The lowest BCUT2D eigenvalue weighted by Crippen LogP contribution is -2.57. The summed E-state index contributed by atoms with van der Waals surface area (Å²) < 4.78 is 32.6. The lowest BCUT2D eigenvalue weighted by molar-refractivity contribution is -0.0794. The molecule has 0 aliphatic carbocycles. The van der Waals surface area contributed by atoms with Crippen LogP contribution in [0.5, 0.6) is 0 Å². The van der Waals surface area contributed by atoms with Crippen LogP contribution in [0.15, 0.2) is 34.6 Å². The summed E-state index contributed by atoms with van der Waals surface area (Å²) in [5, 5.41) is 18.9. The molecule has 0 aromatic carbocycles. The van der Waals surface area contributed by atoms with E-state index in [0.717, 1.165) is 34.7 Å². The molecule has 2 fully saturated rings. The Kier molecular flexibility index (Phi) is 11.5. The molecule has 3 aromatic heterocycles. The molecule has 214 valence electrons. The molecule has 0 radical (unpaired) electrons. The zero-order valence-electron chi connectivity index (χ0n) is 23.8. The fraction of sp³-hybridized carbons (Fsp3) is 0.593. The van der Waals surface area contributed by atoms with Gasteiger partial charge >= 0.3 is 0 Å². The average molecular weight is 546 g/mol. The van der Waals surface area contributed by atoms with Crippen LogP contribution in [0.3, 0.4) is 0 Å². The number of aromatic nitrogens is 4. The number of alkyl halides is 2. The minimum absolute atomic E-state index is 0.181. The number of anilines is 2. The van der Waals surface area contributed by atoms with Gasteiger partial charge in [0.05, 0.1) is 43.4 Å². The van der Waals surface area contributed by atoms with Gasteiger partial charge in [0.15, 0.2) is 5.82 Å². The summed E-state index contributed by atoms with van der Waals surface area (Å²) >= 11 is 0. The average Bonchev–Trinajstić information content (AvgIpc) is 3.35. The van der Waals surface area contributed by atoms with E-state index in [1.165, 1.54) is 0 Å². The first-order valence-electron chi connectivity index (χ1n) is 13.6. The first-order valence-corrected chi connectivity index (χ1v) is 13.6. The molecule has 2 aliphatic rings. The number of hydrogen-bond donors (Lipinski definition) is 2. The van der Waals surface area contributed by atoms with Crippen molar-refractivity contribution >= 4 is 23.0 Å². The Morgan fingerprint density at radius 2 is 1.92 bits per heavy atom. The van der Waals surface area contributed by atoms with Crippen molar-refractivity contribution in [1.29, 1.82) is 0 Å². The fourth-order valence-corrected chi connectivity index (χ4v) is 4.41. The minimum Gasteiger partial charge on any atom is -0.378 e. The quantitative estimate of drug-likeness (QED) is 0.379. The fourth-order valence-electron chi connectivity index (χ4n) is 4.41. The molecule has 12 heteroatoms. The maximum atomic E-state index is 14.9. The van der Waals surface area contributed by atoms with E-state index in [9.17, 15) is 8.78 Å². The van der Waals surface area contributed by atoms with Gasteiger partial charge in [-0.3, -0.25) is 14.3 Å². The smallest absolute Gasteiger partial charge is 0.243 e. The van der Waals surface area contributed by atoms with Crippen molar-refractivity contribution < 1.29 is 13.5 Å². The Labute approximate surface area is 229 Å². The summed E-state index contributed by atoms with van der Waals surface area (Å²) in [6.07, 6.45) is 2.21. The Morgan fingerprint density at radius 3 is 2.49 bits per heavy atom. The monoisotopic (exact) mass is 545 g/mol. The normalized spacial score (nSPS) is 19.6. The first-order chi connectivity index (χ1) is 19.0. The molecule has 5 rings (SSSR count). The van der Waals surface area contributed by atoms with Gasteiger partial charge in [0.2, 0.25) is 5.95 Å². The predicted octanol–water partition coefficient (Wildman–Crippen LogP) is 5.47.